The van der Waals surface area contributed by atoms with E-state index >= 15 is 0 Å². The van der Waals surface area contributed by atoms with E-state index in [-0.39, 0.29) is 17.8 Å². The van der Waals surface area contributed by atoms with Crippen LogP contribution in [0.3, 0.4) is 0 Å². The number of rotatable bonds is 18. The van der Waals surface area contributed by atoms with Crippen molar-refractivity contribution in [3.05, 3.63) is 120 Å². The molecular weight excluding hydrogens is 598 g/mol. The molecule has 0 aliphatic carbocycles. The number of carbonyl (C=O) groups excluding carboxylic acids is 3. The van der Waals surface area contributed by atoms with E-state index in [1.54, 1.807) is 30.1 Å². The highest BCUT2D eigenvalue weighted by atomic mass is 16.5. The van der Waals surface area contributed by atoms with Crippen LogP contribution in [0, 0.1) is 0 Å². The molecule has 0 bridgehead atoms. The Morgan fingerprint density at radius 1 is 0.729 bits per heavy atom. The lowest BCUT2D eigenvalue weighted by atomic mass is 9.98. The summed E-state index contributed by atoms with van der Waals surface area (Å²) in [5, 5.41) is 6.37. The van der Waals surface area contributed by atoms with Crippen molar-refractivity contribution in [1.29, 1.82) is 0 Å². The quantitative estimate of drug-likeness (QED) is 0.0639. The third-order valence-electron chi connectivity index (χ3n) is 8.39. The van der Waals surface area contributed by atoms with Crippen LogP contribution in [0.15, 0.2) is 103 Å². The molecule has 0 aromatic heterocycles. The number of esters is 1. The topological polar surface area (TPSA) is 87.7 Å². The minimum absolute atomic E-state index is 0.116. The van der Waals surface area contributed by atoms with Gasteiger partial charge in [0.1, 0.15) is 6.04 Å². The van der Waals surface area contributed by atoms with Crippen LogP contribution in [0.1, 0.15) is 80.3 Å². The molecule has 0 aliphatic rings. The average Bonchev–Trinajstić information content (AvgIpc) is 3.13. The van der Waals surface area contributed by atoms with Gasteiger partial charge in [0.2, 0.25) is 0 Å². The molecule has 0 radical (unpaired) electrons. The van der Waals surface area contributed by atoms with Crippen LogP contribution in [0.25, 0.3) is 11.1 Å². The lowest BCUT2D eigenvalue weighted by Crippen LogP contribution is -2.37. The summed E-state index contributed by atoms with van der Waals surface area (Å²) in [4.78, 5) is 41.1. The van der Waals surface area contributed by atoms with Gasteiger partial charge in [0, 0.05) is 42.5 Å². The van der Waals surface area contributed by atoms with E-state index in [0.29, 0.717) is 36.4 Å². The largest absolute Gasteiger partial charge is 0.464 e. The van der Waals surface area contributed by atoms with Gasteiger partial charge in [-0.15, -0.1) is 0 Å². The van der Waals surface area contributed by atoms with E-state index in [0.717, 1.165) is 48.1 Å². The fourth-order valence-electron chi connectivity index (χ4n) is 5.47. The summed E-state index contributed by atoms with van der Waals surface area (Å²) in [7, 11) is 1.78. The number of carbonyl (C=O) groups is 3. The van der Waals surface area contributed by atoms with Crippen LogP contribution in [-0.4, -0.2) is 44.0 Å². The predicted molar refractivity (Wildman–Crippen MR) is 196 cm³/mol. The van der Waals surface area contributed by atoms with Gasteiger partial charge in [-0.1, -0.05) is 125 Å². The number of benzene rings is 4. The van der Waals surface area contributed by atoms with Crippen LogP contribution < -0.4 is 15.5 Å². The van der Waals surface area contributed by atoms with E-state index in [1.165, 1.54) is 19.3 Å². The lowest BCUT2D eigenvalue weighted by Gasteiger charge is -2.21. The Kier molecular flexibility index (Phi) is 14.3. The third kappa shape index (κ3) is 10.6. The van der Waals surface area contributed by atoms with Crippen molar-refractivity contribution < 1.29 is 19.1 Å². The zero-order chi connectivity index (χ0) is 34.1. The number of hydrogen-bond acceptors (Lipinski definition) is 5. The Balaban J connectivity index is 1.46. The first-order chi connectivity index (χ1) is 23.4. The van der Waals surface area contributed by atoms with E-state index < -0.39 is 6.04 Å². The Bertz CT molecular complexity index is 1600. The molecule has 0 aliphatic heterocycles. The molecule has 2 amide bonds. The number of anilines is 2. The molecule has 252 valence electrons. The molecular formula is C41H49N3O4. The summed E-state index contributed by atoms with van der Waals surface area (Å²) in [5.74, 6) is -0.474. The molecule has 7 heteroatoms. The lowest BCUT2D eigenvalue weighted by molar-refractivity contribution is -0.144. The van der Waals surface area contributed by atoms with Gasteiger partial charge in [0.25, 0.3) is 0 Å². The van der Waals surface area contributed by atoms with Crippen molar-refractivity contribution in [2.45, 2.75) is 71.3 Å². The van der Waals surface area contributed by atoms with Crippen LogP contribution in [0.5, 0.6) is 0 Å². The van der Waals surface area contributed by atoms with Gasteiger partial charge in [0.05, 0.1) is 6.61 Å². The number of nitrogens with one attached hydrogen (secondary N) is 2. The summed E-state index contributed by atoms with van der Waals surface area (Å²) >= 11 is 0. The number of hydrogen-bond donors (Lipinski definition) is 2. The zero-order valence-electron chi connectivity index (χ0n) is 28.5. The molecule has 0 fully saturated rings. The van der Waals surface area contributed by atoms with Crippen LogP contribution in [0.2, 0.25) is 0 Å². The maximum atomic E-state index is 13.4. The number of urea groups is 1. The fraction of sp³-hybridized carbons (Fsp3) is 0.341. The van der Waals surface area contributed by atoms with Crippen LogP contribution in [0.4, 0.5) is 16.2 Å². The summed E-state index contributed by atoms with van der Waals surface area (Å²) in [5.41, 5.74) is 5.40. The van der Waals surface area contributed by atoms with Gasteiger partial charge in [0.15, 0.2) is 5.78 Å². The van der Waals surface area contributed by atoms with Gasteiger partial charge in [-0.2, -0.15) is 0 Å². The van der Waals surface area contributed by atoms with Crippen molar-refractivity contribution in [2.75, 3.05) is 30.4 Å². The second kappa shape index (κ2) is 19.0. The first-order valence-corrected chi connectivity index (χ1v) is 17.2. The summed E-state index contributed by atoms with van der Waals surface area (Å²) in [6.07, 6.45) is 7.82. The molecule has 0 spiro atoms. The summed E-state index contributed by atoms with van der Waals surface area (Å²) < 4.78 is 5.64. The maximum absolute atomic E-state index is 13.4. The van der Waals surface area contributed by atoms with Crippen molar-refractivity contribution >= 4 is 29.2 Å². The molecule has 7 nitrogen and oxygen atoms in total. The predicted octanol–water partition coefficient (Wildman–Crippen LogP) is 9.07. The standard InChI is InChI=1S/C41H49N3O4/c1-4-6-8-9-15-27-42-41(47)44(3)35-20-16-19-34(30-35)32-25-23-31(24-26-32)29-38(40(46)48-28-7-5-2)43-37-22-14-13-21-36(37)39(45)33-17-11-10-12-18-33/h10-14,16-26,30,38,43H,4-9,15,27-29H2,1-3H3,(H,42,47). The fourth-order valence-corrected chi connectivity index (χ4v) is 5.47. The minimum atomic E-state index is -0.695. The van der Waals surface area contributed by atoms with Gasteiger partial charge >= 0.3 is 12.0 Å². The van der Waals surface area contributed by atoms with Gasteiger partial charge in [-0.05, 0) is 53.8 Å². The van der Waals surface area contributed by atoms with E-state index in [9.17, 15) is 14.4 Å². The number of ether oxygens (including phenoxy) is 1. The Morgan fingerprint density at radius 3 is 2.19 bits per heavy atom. The van der Waals surface area contributed by atoms with Crippen LogP contribution >= 0.6 is 0 Å². The Morgan fingerprint density at radius 2 is 1.44 bits per heavy atom. The first-order valence-electron chi connectivity index (χ1n) is 17.2. The van der Waals surface area contributed by atoms with Crippen molar-refractivity contribution in [2.24, 2.45) is 0 Å². The van der Waals surface area contributed by atoms with Crippen molar-refractivity contribution in [3.63, 3.8) is 0 Å². The molecule has 0 saturated heterocycles. The molecule has 0 heterocycles. The smallest absolute Gasteiger partial charge is 0.328 e. The molecule has 4 aromatic carbocycles. The third-order valence-corrected chi connectivity index (χ3v) is 8.39. The highest BCUT2D eigenvalue weighted by Gasteiger charge is 2.23. The SMILES string of the molecule is CCCCCCCNC(=O)N(C)c1cccc(-c2ccc(CC(Nc3ccccc3C(=O)c3ccccc3)C(=O)OCCCC)cc2)c1. The number of ketones is 1. The van der Waals surface area contributed by atoms with Gasteiger partial charge in [-0.25, -0.2) is 9.59 Å². The van der Waals surface area contributed by atoms with E-state index in [4.69, 9.17) is 4.74 Å². The molecule has 48 heavy (non-hydrogen) atoms. The Labute approximate surface area is 285 Å². The summed E-state index contributed by atoms with van der Waals surface area (Å²) in [6.45, 7) is 5.26. The summed E-state index contributed by atoms with van der Waals surface area (Å²) in [6, 6.07) is 31.6. The maximum Gasteiger partial charge on any atom is 0.328 e. The number of unbranched alkanes of at least 4 members (excludes halogenated alkanes) is 5. The molecule has 1 atom stereocenters. The van der Waals surface area contributed by atoms with E-state index in [2.05, 4.69) is 24.5 Å². The molecule has 4 aromatic rings. The van der Waals surface area contributed by atoms with Gasteiger partial charge < -0.3 is 15.4 Å². The second-order valence-electron chi connectivity index (χ2n) is 12.1. The average molecular weight is 648 g/mol. The van der Waals surface area contributed by atoms with Crippen molar-refractivity contribution in [3.8, 4) is 11.1 Å². The molecule has 4 rings (SSSR count). The molecule has 0 saturated carbocycles. The minimum Gasteiger partial charge on any atom is -0.464 e. The van der Waals surface area contributed by atoms with Crippen molar-refractivity contribution in [1.82, 2.24) is 5.32 Å². The highest BCUT2D eigenvalue weighted by Crippen LogP contribution is 2.26. The van der Waals surface area contributed by atoms with E-state index in [1.807, 2.05) is 84.9 Å². The first kappa shape index (κ1) is 35.9. The number of amides is 2. The number of para-hydroxylation sites is 1. The Hall–Kier alpha value is -4.91. The van der Waals surface area contributed by atoms with Crippen LogP contribution in [-0.2, 0) is 16.0 Å². The highest BCUT2D eigenvalue weighted by molar-refractivity contribution is 6.12. The molecule has 2 N–H and O–H groups in total. The normalized spacial score (nSPS) is 11.4. The second-order valence-corrected chi connectivity index (χ2v) is 12.1. The van der Waals surface area contributed by atoms with Gasteiger partial charge in [-0.3, -0.25) is 9.69 Å². The zero-order valence-corrected chi connectivity index (χ0v) is 28.5. The molecule has 1 unspecified atom stereocenters. The number of nitrogens with zero attached hydrogens (tertiary/aromatic N) is 1. The monoisotopic (exact) mass is 647 g/mol.